The van der Waals surface area contributed by atoms with Crippen LogP contribution in [0.4, 0.5) is 0 Å². The Balaban J connectivity index is 2.23. The van der Waals surface area contributed by atoms with Gasteiger partial charge in [-0.1, -0.05) is 51.1 Å². The van der Waals surface area contributed by atoms with Gasteiger partial charge in [0.1, 0.15) is 0 Å². The normalized spacial score (nSPS) is 18.7. The van der Waals surface area contributed by atoms with E-state index in [0.29, 0.717) is 0 Å². The number of rotatable bonds is 2. The minimum Gasteiger partial charge on any atom is -0.398 e. The quantitative estimate of drug-likeness (QED) is 0.634. The van der Waals surface area contributed by atoms with Crippen LogP contribution < -0.4 is 5.59 Å². The van der Waals surface area contributed by atoms with E-state index in [4.69, 9.17) is 9.31 Å². The molecule has 0 spiro atoms. The summed E-state index contributed by atoms with van der Waals surface area (Å²) in [5.41, 5.74) is 1.15. The zero-order valence-electron chi connectivity index (χ0n) is 17.1. The molecule has 1 aromatic heterocycles. The maximum Gasteiger partial charge on any atom is 0.513 e. The van der Waals surface area contributed by atoms with Gasteiger partial charge in [0, 0.05) is 21.6 Å². The largest absolute Gasteiger partial charge is 0.513 e. The van der Waals surface area contributed by atoms with Crippen LogP contribution in [0.15, 0.2) is 41.0 Å². The second kappa shape index (κ2) is 6.61. The van der Waals surface area contributed by atoms with Crippen molar-refractivity contribution in [3.05, 3.63) is 41.0 Å². The molecule has 0 N–H and O–H groups in total. The monoisotopic (exact) mass is 431 g/mol. The maximum absolute atomic E-state index is 13.2. The van der Waals surface area contributed by atoms with E-state index in [1.54, 1.807) is 4.57 Å². The molecule has 1 saturated heterocycles. The third kappa shape index (κ3) is 3.55. The highest BCUT2D eigenvalue weighted by atomic mass is 79.9. The number of nitrogens with zero attached hydrogens (tertiary/aromatic N) is 1. The molecule has 27 heavy (non-hydrogen) atoms. The fourth-order valence-electron chi connectivity index (χ4n) is 3.10. The third-order valence-electron chi connectivity index (χ3n) is 5.40. The van der Waals surface area contributed by atoms with Crippen LogP contribution >= 0.6 is 15.9 Å². The van der Waals surface area contributed by atoms with Crippen molar-refractivity contribution in [2.24, 2.45) is 5.41 Å². The van der Waals surface area contributed by atoms with E-state index in [2.05, 4.69) is 15.9 Å². The second-order valence-corrected chi connectivity index (χ2v) is 9.97. The number of hydrogen-bond acceptors (Lipinski definition) is 3. The average molecular weight is 432 g/mol. The number of carbonyl (C=O) groups excluding carboxylic acids is 1. The molecule has 1 aliphatic heterocycles. The van der Waals surface area contributed by atoms with Crippen molar-refractivity contribution in [3.63, 3.8) is 0 Å². The van der Waals surface area contributed by atoms with Gasteiger partial charge in [-0.25, -0.2) is 0 Å². The van der Waals surface area contributed by atoms with E-state index in [9.17, 15) is 4.79 Å². The lowest BCUT2D eigenvalue weighted by molar-refractivity contribution is 0.00578. The summed E-state index contributed by atoms with van der Waals surface area (Å²) in [4.78, 5) is 13.2. The Labute approximate surface area is 170 Å². The predicted octanol–water partition coefficient (Wildman–Crippen LogP) is 4.90. The van der Waals surface area contributed by atoms with E-state index >= 15 is 0 Å². The molecule has 0 unspecified atom stereocenters. The SMILES string of the molecule is CC(C)(C)C(=O)n1cc(Br)c(-c2ccccc2)c1B1OC(C)(C)C(C)(C)O1. The molecule has 2 aromatic rings. The minimum atomic E-state index is -0.636. The molecule has 0 amide bonds. The molecule has 2 heterocycles. The summed E-state index contributed by atoms with van der Waals surface area (Å²) in [6.45, 7) is 13.8. The van der Waals surface area contributed by atoms with Crippen LogP contribution in [0.5, 0.6) is 0 Å². The number of aromatic nitrogens is 1. The highest BCUT2D eigenvalue weighted by molar-refractivity contribution is 9.10. The van der Waals surface area contributed by atoms with Gasteiger partial charge in [-0.05, 0) is 49.2 Å². The summed E-state index contributed by atoms with van der Waals surface area (Å²) in [7, 11) is -0.636. The summed E-state index contributed by atoms with van der Waals surface area (Å²) in [5.74, 6) is -0.00454. The zero-order valence-corrected chi connectivity index (χ0v) is 18.7. The van der Waals surface area contributed by atoms with Crippen molar-refractivity contribution in [3.8, 4) is 11.1 Å². The molecule has 1 aromatic carbocycles. The molecule has 4 nitrogen and oxygen atoms in total. The van der Waals surface area contributed by atoms with Crippen molar-refractivity contribution in [2.45, 2.75) is 59.7 Å². The Kier molecular flexibility index (Phi) is 4.99. The fraction of sp³-hybridized carbons (Fsp3) is 0.476. The van der Waals surface area contributed by atoms with Crippen molar-refractivity contribution >= 4 is 34.5 Å². The Morgan fingerprint density at radius 3 is 2.04 bits per heavy atom. The first-order valence-electron chi connectivity index (χ1n) is 9.22. The summed E-state index contributed by atoms with van der Waals surface area (Å²) >= 11 is 3.66. The number of halogens is 1. The van der Waals surface area contributed by atoms with Crippen LogP contribution in [0.1, 0.15) is 53.3 Å². The molecular weight excluding hydrogens is 405 g/mol. The van der Waals surface area contributed by atoms with Crippen molar-refractivity contribution in [1.29, 1.82) is 0 Å². The van der Waals surface area contributed by atoms with Gasteiger partial charge in [-0.15, -0.1) is 0 Å². The number of carbonyl (C=O) groups is 1. The van der Waals surface area contributed by atoms with E-state index in [0.717, 1.165) is 21.2 Å². The average Bonchev–Trinajstić information content (AvgIpc) is 3.00. The van der Waals surface area contributed by atoms with Gasteiger partial charge < -0.3 is 9.31 Å². The maximum atomic E-state index is 13.2. The smallest absolute Gasteiger partial charge is 0.398 e. The summed E-state index contributed by atoms with van der Waals surface area (Å²) in [6.07, 6.45) is 1.83. The molecule has 0 aliphatic carbocycles. The summed E-state index contributed by atoms with van der Waals surface area (Å²) in [5, 5.41) is 0. The molecule has 144 valence electrons. The van der Waals surface area contributed by atoms with Crippen LogP contribution in [0, 0.1) is 5.41 Å². The van der Waals surface area contributed by atoms with Gasteiger partial charge in [0.2, 0.25) is 5.91 Å². The molecule has 3 rings (SSSR count). The standard InChI is InChI=1S/C21H27BBrNO3/c1-19(2,3)18(25)24-13-15(23)16(14-11-9-8-10-12-14)17(24)22-26-20(4,5)21(6,7)27-22/h8-13H,1-7H3. The molecule has 0 bridgehead atoms. The lowest BCUT2D eigenvalue weighted by Gasteiger charge is -2.32. The highest BCUT2D eigenvalue weighted by Crippen LogP contribution is 2.39. The topological polar surface area (TPSA) is 40.5 Å². The minimum absolute atomic E-state index is 0.00454. The molecule has 0 radical (unpaired) electrons. The second-order valence-electron chi connectivity index (χ2n) is 9.12. The zero-order chi connectivity index (χ0) is 20.2. The first-order valence-corrected chi connectivity index (χ1v) is 10.0. The number of benzene rings is 1. The van der Waals surface area contributed by atoms with Crippen LogP contribution in [-0.2, 0) is 9.31 Å². The fourth-order valence-corrected chi connectivity index (χ4v) is 3.73. The molecule has 0 saturated carbocycles. The molecule has 6 heteroatoms. The predicted molar refractivity (Wildman–Crippen MR) is 113 cm³/mol. The lowest BCUT2D eigenvalue weighted by atomic mass is 9.79. The van der Waals surface area contributed by atoms with Gasteiger partial charge >= 0.3 is 7.12 Å². The van der Waals surface area contributed by atoms with Gasteiger partial charge in [0.05, 0.1) is 16.8 Å². The number of hydrogen-bond donors (Lipinski definition) is 0. The summed E-state index contributed by atoms with van der Waals surface area (Å²) in [6, 6.07) is 10.0. The first-order chi connectivity index (χ1) is 12.3. The Morgan fingerprint density at radius 2 is 1.56 bits per heavy atom. The molecular formula is C21H27BBrNO3. The van der Waals surface area contributed by atoms with Crippen molar-refractivity contribution in [1.82, 2.24) is 4.57 Å². The Bertz CT molecular complexity index is 850. The van der Waals surface area contributed by atoms with E-state index < -0.39 is 23.7 Å². The molecule has 1 aliphatic rings. The summed E-state index contributed by atoms with van der Waals surface area (Å²) < 4.78 is 15.2. The lowest BCUT2D eigenvalue weighted by Crippen LogP contribution is -2.44. The van der Waals surface area contributed by atoms with Gasteiger partial charge in [-0.3, -0.25) is 9.36 Å². The third-order valence-corrected chi connectivity index (χ3v) is 6.00. The van der Waals surface area contributed by atoms with Crippen molar-refractivity contribution in [2.75, 3.05) is 0 Å². The van der Waals surface area contributed by atoms with Gasteiger partial charge in [-0.2, -0.15) is 0 Å². The highest BCUT2D eigenvalue weighted by Gasteiger charge is 2.54. The van der Waals surface area contributed by atoms with E-state index in [1.807, 2.05) is 85.0 Å². The Hall–Kier alpha value is -1.37. The van der Waals surface area contributed by atoms with Crippen LogP contribution in [0.3, 0.4) is 0 Å². The molecule has 0 atom stereocenters. The van der Waals surface area contributed by atoms with E-state index in [-0.39, 0.29) is 5.91 Å². The first kappa shape index (κ1) is 20.4. The molecule has 1 fully saturated rings. The van der Waals surface area contributed by atoms with Crippen LogP contribution in [-0.4, -0.2) is 28.8 Å². The van der Waals surface area contributed by atoms with E-state index in [1.165, 1.54) is 0 Å². The Morgan fingerprint density at radius 1 is 1.04 bits per heavy atom. The van der Waals surface area contributed by atoms with Crippen LogP contribution in [0.25, 0.3) is 11.1 Å². The van der Waals surface area contributed by atoms with Gasteiger partial charge in [0.15, 0.2) is 0 Å². The van der Waals surface area contributed by atoms with Crippen molar-refractivity contribution < 1.29 is 14.1 Å². The van der Waals surface area contributed by atoms with Gasteiger partial charge in [0.25, 0.3) is 0 Å². The van der Waals surface area contributed by atoms with Crippen LogP contribution in [0.2, 0.25) is 0 Å².